The lowest BCUT2D eigenvalue weighted by Crippen LogP contribution is -2.65. The minimum atomic E-state index is -0.0399. The number of hydrogen-bond donors (Lipinski definition) is 1. The van der Waals surface area contributed by atoms with Crippen molar-refractivity contribution in [1.29, 1.82) is 0 Å². The molecule has 0 unspecified atom stereocenters. The SMILES string of the molecule is CC1(N)CN(C(c2ccccc2)c2ccccc2)C1.Cl. The third-order valence-corrected chi connectivity index (χ3v) is 3.72. The van der Waals surface area contributed by atoms with E-state index in [0.29, 0.717) is 6.04 Å². The third kappa shape index (κ3) is 3.04. The first kappa shape index (κ1) is 15.0. The van der Waals surface area contributed by atoms with E-state index < -0.39 is 0 Å². The standard InChI is InChI=1S/C17H20N2.ClH/c1-17(18)12-19(13-17)16(14-8-4-2-5-9-14)15-10-6-3-7-11-15;/h2-11,16H,12-13,18H2,1H3;1H. The lowest BCUT2D eigenvalue weighted by atomic mass is 9.87. The molecule has 1 heterocycles. The summed E-state index contributed by atoms with van der Waals surface area (Å²) in [6.45, 7) is 4.01. The molecule has 3 heteroatoms. The van der Waals surface area contributed by atoms with Crippen LogP contribution in [0.4, 0.5) is 0 Å². The molecular formula is C17H21ClN2. The van der Waals surface area contributed by atoms with Gasteiger partial charge in [-0.1, -0.05) is 60.7 Å². The van der Waals surface area contributed by atoms with Gasteiger partial charge in [0.05, 0.1) is 6.04 Å². The fourth-order valence-electron chi connectivity index (χ4n) is 2.95. The molecule has 0 atom stereocenters. The fraction of sp³-hybridized carbons (Fsp3) is 0.294. The second-order valence-electron chi connectivity index (χ2n) is 5.78. The topological polar surface area (TPSA) is 29.3 Å². The molecule has 20 heavy (non-hydrogen) atoms. The van der Waals surface area contributed by atoms with Crippen molar-refractivity contribution in [1.82, 2.24) is 4.90 Å². The van der Waals surface area contributed by atoms with Crippen molar-refractivity contribution < 1.29 is 0 Å². The molecule has 1 aliphatic rings. The van der Waals surface area contributed by atoms with Crippen LogP contribution >= 0.6 is 12.4 Å². The van der Waals surface area contributed by atoms with Gasteiger partial charge >= 0.3 is 0 Å². The van der Waals surface area contributed by atoms with E-state index in [9.17, 15) is 0 Å². The summed E-state index contributed by atoms with van der Waals surface area (Å²) in [6, 6.07) is 21.7. The molecule has 2 aromatic carbocycles. The highest BCUT2D eigenvalue weighted by Gasteiger charge is 2.39. The Morgan fingerprint density at radius 2 is 1.30 bits per heavy atom. The minimum absolute atomic E-state index is 0. The van der Waals surface area contributed by atoms with Crippen molar-refractivity contribution in [2.45, 2.75) is 18.5 Å². The summed E-state index contributed by atoms with van der Waals surface area (Å²) < 4.78 is 0. The molecule has 0 radical (unpaired) electrons. The van der Waals surface area contributed by atoms with Gasteiger partial charge in [0.25, 0.3) is 0 Å². The van der Waals surface area contributed by atoms with Crippen LogP contribution in [-0.4, -0.2) is 23.5 Å². The van der Waals surface area contributed by atoms with E-state index in [-0.39, 0.29) is 17.9 Å². The van der Waals surface area contributed by atoms with Crippen LogP contribution in [0, 0.1) is 0 Å². The molecular weight excluding hydrogens is 268 g/mol. The number of likely N-dealkylation sites (tertiary alicyclic amines) is 1. The molecule has 1 fully saturated rings. The van der Waals surface area contributed by atoms with Gasteiger partial charge in [-0.3, -0.25) is 4.90 Å². The second-order valence-corrected chi connectivity index (χ2v) is 5.78. The Balaban J connectivity index is 0.00000147. The van der Waals surface area contributed by atoms with Gasteiger partial charge in [-0.05, 0) is 18.1 Å². The van der Waals surface area contributed by atoms with Gasteiger partial charge in [0, 0.05) is 18.6 Å². The molecule has 0 amide bonds. The van der Waals surface area contributed by atoms with Crippen LogP contribution in [0.25, 0.3) is 0 Å². The first-order chi connectivity index (χ1) is 9.16. The lowest BCUT2D eigenvalue weighted by molar-refractivity contribution is 0.0544. The number of benzene rings is 2. The Bertz CT molecular complexity index is 492. The Morgan fingerprint density at radius 1 is 0.900 bits per heavy atom. The van der Waals surface area contributed by atoms with Crippen molar-refractivity contribution in [2.24, 2.45) is 5.73 Å². The fourth-order valence-corrected chi connectivity index (χ4v) is 2.95. The van der Waals surface area contributed by atoms with Crippen LogP contribution < -0.4 is 5.73 Å². The molecule has 0 aliphatic carbocycles. The van der Waals surface area contributed by atoms with Crippen molar-refractivity contribution in [3.63, 3.8) is 0 Å². The average molecular weight is 289 g/mol. The maximum atomic E-state index is 6.16. The minimum Gasteiger partial charge on any atom is -0.323 e. The van der Waals surface area contributed by atoms with Crippen LogP contribution in [0.1, 0.15) is 24.1 Å². The van der Waals surface area contributed by atoms with E-state index in [4.69, 9.17) is 5.73 Å². The summed E-state index contributed by atoms with van der Waals surface area (Å²) in [7, 11) is 0. The van der Waals surface area contributed by atoms with Crippen molar-refractivity contribution in [2.75, 3.05) is 13.1 Å². The van der Waals surface area contributed by atoms with Crippen LogP contribution in [-0.2, 0) is 0 Å². The Morgan fingerprint density at radius 3 is 1.65 bits per heavy atom. The summed E-state index contributed by atoms with van der Waals surface area (Å²) in [5, 5.41) is 0. The molecule has 0 saturated carbocycles. The third-order valence-electron chi connectivity index (χ3n) is 3.72. The van der Waals surface area contributed by atoms with Crippen LogP contribution in [0.2, 0.25) is 0 Å². The highest BCUT2D eigenvalue weighted by Crippen LogP contribution is 2.34. The molecule has 0 aromatic heterocycles. The predicted octanol–water partition coefficient (Wildman–Crippen LogP) is 3.23. The normalized spacial score (nSPS) is 17.4. The Kier molecular flexibility index (Phi) is 4.48. The monoisotopic (exact) mass is 288 g/mol. The summed E-state index contributed by atoms with van der Waals surface area (Å²) >= 11 is 0. The molecule has 2 nitrogen and oxygen atoms in total. The van der Waals surface area contributed by atoms with Gasteiger partial charge in [0.15, 0.2) is 0 Å². The van der Waals surface area contributed by atoms with Crippen molar-refractivity contribution >= 4 is 12.4 Å². The quantitative estimate of drug-likeness (QED) is 0.939. The molecule has 1 saturated heterocycles. The number of nitrogens with two attached hydrogens (primary N) is 1. The van der Waals surface area contributed by atoms with Gasteiger partial charge in [0.2, 0.25) is 0 Å². The average Bonchev–Trinajstić information content (AvgIpc) is 2.39. The lowest BCUT2D eigenvalue weighted by Gasteiger charge is -2.49. The highest BCUT2D eigenvalue weighted by molar-refractivity contribution is 5.85. The van der Waals surface area contributed by atoms with E-state index in [0.717, 1.165) is 13.1 Å². The summed E-state index contributed by atoms with van der Waals surface area (Å²) in [5.41, 5.74) is 8.80. The number of rotatable bonds is 3. The zero-order chi connectivity index (χ0) is 13.3. The van der Waals surface area contributed by atoms with Gasteiger partial charge in [0.1, 0.15) is 0 Å². The molecule has 0 spiro atoms. The predicted molar refractivity (Wildman–Crippen MR) is 86.1 cm³/mol. The van der Waals surface area contributed by atoms with Gasteiger partial charge in [-0.15, -0.1) is 12.4 Å². The number of hydrogen-bond acceptors (Lipinski definition) is 2. The zero-order valence-electron chi connectivity index (χ0n) is 11.7. The first-order valence-electron chi connectivity index (χ1n) is 6.79. The molecule has 106 valence electrons. The maximum Gasteiger partial charge on any atom is 0.0603 e. The molecule has 2 aromatic rings. The second kappa shape index (κ2) is 5.96. The van der Waals surface area contributed by atoms with E-state index in [1.165, 1.54) is 11.1 Å². The Hall–Kier alpha value is -1.35. The van der Waals surface area contributed by atoms with Gasteiger partial charge in [-0.25, -0.2) is 0 Å². The molecule has 2 N–H and O–H groups in total. The number of nitrogens with zero attached hydrogens (tertiary/aromatic N) is 1. The van der Waals surface area contributed by atoms with E-state index in [1.54, 1.807) is 0 Å². The van der Waals surface area contributed by atoms with Crippen molar-refractivity contribution in [3.8, 4) is 0 Å². The van der Waals surface area contributed by atoms with Gasteiger partial charge < -0.3 is 5.73 Å². The first-order valence-corrected chi connectivity index (χ1v) is 6.79. The highest BCUT2D eigenvalue weighted by atomic mass is 35.5. The molecule has 1 aliphatic heterocycles. The van der Waals surface area contributed by atoms with E-state index >= 15 is 0 Å². The Labute approximate surface area is 127 Å². The largest absolute Gasteiger partial charge is 0.323 e. The summed E-state index contributed by atoms with van der Waals surface area (Å²) in [4.78, 5) is 2.45. The molecule has 0 bridgehead atoms. The van der Waals surface area contributed by atoms with Crippen molar-refractivity contribution in [3.05, 3.63) is 71.8 Å². The van der Waals surface area contributed by atoms with E-state index in [1.807, 2.05) is 0 Å². The zero-order valence-corrected chi connectivity index (χ0v) is 12.5. The van der Waals surface area contributed by atoms with Gasteiger partial charge in [-0.2, -0.15) is 0 Å². The van der Waals surface area contributed by atoms with Crippen LogP contribution in [0.15, 0.2) is 60.7 Å². The molecule has 3 rings (SSSR count). The van der Waals surface area contributed by atoms with Crippen LogP contribution in [0.5, 0.6) is 0 Å². The number of halogens is 1. The summed E-state index contributed by atoms with van der Waals surface area (Å²) in [6.07, 6.45) is 0. The van der Waals surface area contributed by atoms with Crippen LogP contribution in [0.3, 0.4) is 0 Å². The smallest absolute Gasteiger partial charge is 0.0603 e. The van der Waals surface area contributed by atoms with E-state index in [2.05, 4.69) is 72.5 Å². The maximum absolute atomic E-state index is 6.16. The summed E-state index contributed by atoms with van der Waals surface area (Å²) in [5.74, 6) is 0.